The van der Waals surface area contributed by atoms with Gasteiger partial charge in [-0.1, -0.05) is 0 Å². The molecule has 3 aliphatic rings. The Kier molecular flexibility index (Phi) is 8.93. The average molecular weight is 385 g/mol. The first-order valence-electron chi connectivity index (χ1n) is 8.31. The van der Waals surface area contributed by atoms with Gasteiger partial charge in [0.1, 0.15) is 6.10 Å². The number of esters is 1. The van der Waals surface area contributed by atoms with Gasteiger partial charge in [0.05, 0.1) is 5.92 Å². The molecular weight excluding hydrogens is 358 g/mol. The Morgan fingerprint density at radius 3 is 1.76 bits per heavy atom. The number of carbonyl (C=O) groups excluding carboxylic acids is 1. The fourth-order valence-electron chi connectivity index (χ4n) is 3.31. The molecule has 136 valence electrons. The molecule has 0 aromatic heterocycles. The van der Waals surface area contributed by atoms with Crippen LogP contribution in [-0.4, -0.2) is 33.4 Å². The summed E-state index contributed by atoms with van der Waals surface area (Å²) in [5, 5.41) is 11.6. The van der Waals surface area contributed by atoms with Crippen LogP contribution in [-0.2, 0) is 26.6 Å². The molecule has 0 aromatic rings. The molecule has 0 atom stereocenters. The van der Waals surface area contributed by atoms with Gasteiger partial charge in [-0.3, -0.25) is 4.79 Å². The summed E-state index contributed by atoms with van der Waals surface area (Å²) in [7, 11) is 0. The van der Waals surface area contributed by atoms with Crippen molar-refractivity contribution in [3.05, 3.63) is 63.7 Å². The zero-order valence-electron chi connectivity index (χ0n) is 15.3. The first-order chi connectivity index (χ1) is 11.2. The summed E-state index contributed by atoms with van der Waals surface area (Å²) in [6.45, 7) is 7.82. The second-order valence-corrected chi connectivity index (χ2v) is 7.51. The molecule has 10 radical (unpaired) electrons. The molecule has 1 aliphatic heterocycles. The van der Waals surface area contributed by atoms with Gasteiger partial charge in [0, 0.05) is 23.9 Å². The van der Waals surface area contributed by atoms with E-state index in [1.807, 2.05) is 72.6 Å². The predicted octanol–water partition coefficient (Wildman–Crippen LogP) is 3.36. The Morgan fingerprint density at radius 1 is 0.960 bits per heavy atom. The van der Waals surface area contributed by atoms with Crippen molar-refractivity contribution in [2.75, 3.05) is 0 Å². The van der Waals surface area contributed by atoms with Gasteiger partial charge < -0.3 is 9.94 Å². The Hall–Kier alpha value is -0.0905. The van der Waals surface area contributed by atoms with Crippen LogP contribution in [0.3, 0.4) is 0 Å². The minimum Gasteiger partial charge on any atom is -0.462 e. The molecule has 2 aliphatic carbocycles. The number of rotatable bonds is 2. The number of piperidine rings is 1. The largest absolute Gasteiger partial charge is 2.00 e. The zero-order valence-corrected chi connectivity index (χ0v) is 16.4. The number of carbonyl (C=O) groups is 1. The van der Waals surface area contributed by atoms with Crippen LogP contribution in [0.4, 0.5) is 0 Å². The molecule has 2 saturated carbocycles. The Labute approximate surface area is 164 Å². The second kappa shape index (κ2) is 9.73. The van der Waals surface area contributed by atoms with Crippen LogP contribution >= 0.6 is 0 Å². The van der Waals surface area contributed by atoms with Crippen LogP contribution in [0.25, 0.3) is 0 Å². The monoisotopic (exact) mass is 385 g/mol. The van der Waals surface area contributed by atoms with Gasteiger partial charge in [0.25, 0.3) is 0 Å². The van der Waals surface area contributed by atoms with Gasteiger partial charge in [-0.2, -0.15) is 5.06 Å². The maximum absolute atomic E-state index is 12.0. The van der Waals surface area contributed by atoms with Crippen LogP contribution in [0.2, 0.25) is 0 Å². The molecule has 4 nitrogen and oxygen atoms in total. The zero-order chi connectivity index (χ0) is 17.8. The van der Waals surface area contributed by atoms with Crippen molar-refractivity contribution in [1.29, 1.82) is 0 Å². The van der Waals surface area contributed by atoms with E-state index in [9.17, 15) is 10.0 Å². The third-order valence-corrected chi connectivity index (χ3v) is 4.33. The van der Waals surface area contributed by atoms with Gasteiger partial charge in [-0.25, -0.2) is 0 Å². The number of hydrogen-bond donors (Lipinski definition) is 1. The van der Waals surface area contributed by atoms with E-state index in [0.29, 0.717) is 18.8 Å². The van der Waals surface area contributed by atoms with E-state index in [1.165, 1.54) is 5.06 Å². The molecular formula is C20H27FeNO3+2. The maximum Gasteiger partial charge on any atom is 2.00 e. The molecule has 3 fully saturated rings. The Morgan fingerprint density at radius 2 is 1.36 bits per heavy atom. The molecule has 1 saturated heterocycles. The quantitative estimate of drug-likeness (QED) is 0.585. The van der Waals surface area contributed by atoms with Crippen molar-refractivity contribution in [3.8, 4) is 0 Å². The summed E-state index contributed by atoms with van der Waals surface area (Å²) in [6.07, 6.45) is 18.2. The van der Waals surface area contributed by atoms with Gasteiger partial charge in [0.15, 0.2) is 0 Å². The molecule has 0 spiro atoms. The van der Waals surface area contributed by atoms with Gasteiger partial charge in [-0.05, 0) is 85.5 Å². The second-order valence-electron chi connectivity index (χ2n) is 7.51. The van der Waals surface area contributed by atoms with E-state index < -0.39 is 11.1 Å². The normalized spacial score (nSPS) is 26.4. The van der Waals surface area contributed by atoms with E-state index >= 15 is 0 Å². The van der Waals surface area contributed by atoms with Crippen LogP contribution < -0.4 is 0 Å². The SMILES string of the molecule is CC1(C)CC(OC(=O)[C]2[CH][CH][CH][CH]2)CC(C)(C)N1O.[CH]1[CH][CH][CH][CH]1.[Fe+2]. The number of hydroxylamine groups is 2. The van der Waals surface area contributed by atoms with Crippen LogP contribution in [0, 0.1) is 63.7 Å². The molecule has 0 amide bonds. The van der Waals surface area contributed by atoms with E-state index in [0.717, 1.165) is 0 Å². The molecule has 1 heterocycles. The van der Waals surface area contributed by atoms with Crippen molar-refractivity contribution >= 4 is 5.97 Å². The summed E-state index contributed by atoms with van der Waals surface area (Å²) in [5.41, 5.74) is -0.808. The molecule has 0 bridgehead atoms. The first-order valence-corrected chi connectivity index (χ1v) is 8.31. The van der Waals surface area contributed by atoms with E-state index in [4.69, 9.17) is 4.74 Å². The standard InChI is InChI=1S/C15H22NO3.C5H5.Fe/c1-14(2)9-12(10-15(3,4)16(14)18)19-13(17)11-7-5-6-8-11;1-2-4-5-3-1;/h5-8,12,18H,9-10H2,1-4H3;1-5H;/q;;+2. The van der Waals surface area contributed by atoms with Gasteiger partial charge in [0.2, 0.25) is 0 Å². The number of hydrogen-bond acceptors (Lipinski definition) is 4. The van der Waals surface area contributed by atoms with Crippen LogP contribution in [0.5, 0.6) is 0 Å². The topological polar surface area (TPSA) is 49.8 Å². The smallest absolute Gasteiger partial charge is 0.462 e. The molecule has 1 N–H and O–H groups in total. The molecule has 25 heavy (non-hydrogen) atoms. The van der Waals surface area contributed by atoms with Crippen molar-refractivity contribution in [2.45, 2.75) is 57.7 Å². The summed E-state index contributed by atoms with van der Waals surface area (Å²) < 4.78 is 5.58. The fraction of sp³-hybridized carbons (Fsp3) is 0.450. The van der Waals surface area contributed by atoms with Crippen molar-refractivity contribution in [3.63, 3.8) is 0 Å². The van der Waals surface area contributed by atoms with Gasteiger partial charge >= 0.3 is 23.0 Å². The maximum atomic E-state index is 12.0. The minimum atomic E-state index is -0.404. The third-order valence-electron chi connectivity index (χ3n) is 4.33. The number of ether oxygens (including phenoxy) is 1. The minimum absolute atomic E-state index is 0. The van der Waals surface area contributed by atoms with E-state index in [1.54, 1.807) is 12.8 Å². The Bertz CT molecular complexity index is 390. The van der Waals surface area contributed by atoms with Crippen molar-refractivity contribution in [1.82, 2.24) is 5.06 Å². The van der Waals surface area contributed by atoms with Crippen LogP contribution in [0.1, 0.15) is 40.5 Å². The van der Waals surface area contributed by atoms with Crippen molar-refractivity contribution in [2.24, 2.45) is 0 Å². The summed E-state index contributed by atoms with van der Waals surface area (Å²) >= 11 is 0. The predicted molar refractivity (Wildman–Crippen MR) is 92.8 cm³/mol. The van der Waals surface area contributed by atoms with Crippen molar-refractivity contribution < 1.29 is 31.8 Å². The average Bonchev–Trinajstić information content (AvgIpc) is 3.19. The molecule has 5 heteroatoms. The van der Waals surface area contributed by atoms with E-state index in [-0.39, 0.29) is 29.1 Å². The molecule has 0 aromatic carbocycles. The van der Waals surface area contributed by atoms with Gasteiger partial charge in [-0.15, -0.1) is 0 Å². The summed E-state index contributed by atoms with van der Waals surface area (Å²) in [5.74, 6) is 0.301. The first kappa shape index (κ1) is 22.9. The van der Waals surface area contributed by atoms with E-state index in [2.05, 4.69) is 0 Å². The fourth-order valence-corrected chi connectivity index (χ4v) is 3.31. The third kappa shape index (κ3) is 6.53. The number of nitrogens with zero attached hydrogens (tertiary/aromatic N) is 1. The summed E-state index contributed by atoms with van der Waals surface area (Å²) in [6, 6.07) is 0. The molecule has 3 rings (SSSR count). The molecule has 0 unspecified atom stereocenters. The Balaban J connectivity index is 0.000000448. The van der Waals surface area contributed by atoms with Crippen LogP contribution in [0.15, 0.2) is 0 Å². The summed E-state index contributed by atoms with van der Waals surface area (Å²) in [4.78, 5) is 12.0.